The second-order valence-corrected chi connectivity index (χ2v) is 6.80. The van der Waals surface area contributed by atoms with E-state index in [0.29, 0.717) is 16.0 Å². The molecule has 0 amide bonds. The fraction of sp³-hybridized carbons (Fsp3) is 0.600. The van der Waals surface area contributed by atoms with Crippen LogP contribution in [0.15, 0.2) is 18.2 Å². The summed E-state index contributed by atoms with van der Waals surface area (Å²) in [6.45, 7) is 4.63. The maximum absolute atomic E-state index is 6.56. The molecule has 2 N–H and O–H groups in total. The van der Waals surface area contributed by atoms with Crippen molar-refractivity contribution in [2.24, 2.45) is 17.6 Å². The molecule has 1 aromatic rings. The zero-order valence-electron chi connectivity index (χ0n) is 11.0. The number of hydrogen-bond acceptors (Lipinski definition) is 1. The Bertz CT molecular complexity index is 433. The smallest absolute Gasteiger partial charge is 0.0595 e. The molecule has 0 saturated heterocycles. The monoisotopic (exact) mass is 285 g/mol. The van der Waals surface area contributed by atoms with E-state index < -0.39 is 0 Å². The summed E-state index contributed by atoms with van der Waals surface area (Å²) in [5.41, 5.74) is 7.66. The van der Waals surface area contributed by atoms with E-state index in [1.165, 1.54) is 12.0 Å². The van der Waals surface area contributed by atoms with Crippen LogP contribution in [-0.2, 0) is 6.42 Å². The molecule has 1 fully saturated rings. The topological polar surface area (TPSA) is 26.0 Å². The minimum absolute atomic E-state index is 0.0803. The average molecular weight is 286 g/mol. The van der Waals surface area contributed by atoms with Gasteiger partial charge in [-0.1, -0.05) is 43.1 Å². The van der Waals surface area contributed by atoms with Gasteiger partial charge in [-0.05, 0) is 55.2 Å². The third kappa shape index (κ3) is 3.20. The normalized spacial score (nSPS) is 32.5. The van der Waals surface area contributed by atoms with Crippen LogP contribution in [0.2, 0.25) is 10.0 Å². The van der Waals surface area contributed by atoms with E-state index in [2.05, 4.69) is 13.8 Å². The van der Waals surface area contributed by atoms with Crippen molar-refractivity contribution in [1.82, 2.24) is 0 Å². The molecule has 3 unspecified atom stereocenters. The van der Waals surface area contributed by atoms with Gasteiger partial charge in [-0.2, -0.15) is 0 Å². The van der Waals surface area contributed by atoms with Gasteiger partial charge in [-0.15, -0.1) is 0 Å². The number of nitrogens with two attached hydrogens (primary N) is 1. The largest absolute Gasteiger partial charge is 0.325 e. The van der Waals surface area contributed by atoms with E-state index in [0.717, 1.165) is 25.2 Å². The highest BCUT2D eigenvalue weighted by Gasteiger charge is 2.34. The summed E-state index contributed by atoms with van der Waals surface area (Å²) in [7, 11) is 0. The maximum Gasteiger partial charge on any atom is 0.0595 e. The summed E-state index contributed by atoms with van der Waals surface area (Å²) < 4.78 is 0. The van der Waals surface area contributed by atoms with E-state index in [-0.39, 0.29) is 5.54 Å². The predicted molar refractivity (Wildman–Crippen MR) is 79.3 cm³/mol. The summed E-state index contributed by atoms with van der Waals surface area (Å²) >= 11 is 12.0. The lowest BCUT2D eigenvalue weighted by atomic mass is 9.69. The van der Waals surface area contributed by atoms with Gasteiger partial charge in [0.2, 0.25) is 0 Å². The Morgan fingerprint density at radius 2 is 1.94 bits per heavy atom. The Hall–Kier alpha value is -0.240. The van der Waals surface area contributed by atoms with Crippen LogP contribution in [0, 0.1) is 11.8 Å². The van der Waals surface area contributed by atoms with E-state index in [4.69, 9.17) is 28.9 Å². The Kier molecular flexibility index (Phi) is 4.25. The standard InChI is InChI=1S/C15H21Cl2N/c1-10-5-6-15(18,8-11(10)2)9-12-3-4-13(16)14(17)7-12/h3-4,7,10-11H,5-6,8-9,18H2,1-2H3. The quantitative estimate of drug-likeness (QED) is 0.838. The van der Waals surface area contributed by atoms with Crippen molar-refractivity contribution in [2.75, 3.05) is 0 Å². The van der Waals surface area contributed by atoms with E-state index in [1.807, 2.05) is 18.2 Å². The van der Waals surface area contributed by atoms with Crippen molar-refractivity contribution in [1.29, 1.82) is 0 Å². The molecule has 0 heterocycles. The molecule has 0 bridgehead atoms. The van der Waals surface area contributed by atoms with Gasteiger partial charge in [0.1, 0.15) is 0 Å². The lowest BCUT2D eigenvalue weighted by molar-refractivity contribution is 0.176. The van der Waals surface area contributed by atoms with Gasteiger partial charge in [0.25, 0.3) is 0 Å². The molecule has 1 aliphatic carbocycles. The molecule has 0 radical (unpaired) electrons. The Morgan fingerprint density at radius 3 is 2.56 bits per heavy atom. The van der Waals surface area contributed by atoms with Gasteiger partial charge in [-0.3, -0.25) is 0 Å². The third-order valence-corrected chi connectivity index (χ3v) is 5.08. The highest BCUT2D eigenvalue weighted by Crippen LogP contribution is 2.37. The zero-order chi connectivity index (χ0) is 13.3. The lowest BCUT2D eigenvalue weighted by Gasteiger charge is -2.40. The second kappa shape index (κ2) is 5.40. The van der Waals surface area contributed by atoms with Crippen LogP contribution in [0.25, 0.3) is 0 Å². The lowest BCUT2D eigenvalue weighted by Crippen LogP contribution is -2.47. The first-order valence-corrected chi connectivity index (χ1v) is 7.38. The molecular weight excluding hydrogens is 265 g/mol. The molecular formula is C15H21Cl2N. The van der Waals surface area contributed by atoms with Crippen LogP contribution in [0.1, 0.15) is 38.7 Å². The van der Waals surface area contributed by atoms with Crippen LogP contribution in [-0.4, -0.2) is 5.54 Å². The summed E-state index contributed by atoms with van der Waals surface area (Å²) in [5, 5.41) is 1.23. The van der Waals surface area contributed by atoms with Crippen molar-refractivity contribution in [3.63, 3.8) is 0 Å². The van der Waals surface area contributed by atoms with Gasteiger partial charge in [-0.25, -0.2) is 0 Å². The van der Waals surface area contributed by atoms with E-state index in [9.17, 15) is 0 Å². The molecule has 3 heteroatoms. The number of hydrogen-bond donors (Lipinski definition) is 1. The molecule has 18 heavy (non-hydrogen) atoms. The van der Waals surface area contributed by atoms with Crippen molar-refractivity contribution in [3.8, 4) is 0 Å². The van der Waals surface area contributed by atoms with E-state index >= 15 is 0 Å². The van der Waals surface area contributed by atoms with Gasteiger partial charge in [0.05, 0.1) is 10.0 Å². The average Bonchev–Trinajstić information content (AvgIpc) is 2.29. The van der Waals surface area contributed by atoms with Crippen molar-refractivity contribution in [3.05, 3.63) is 33.8 Å². The first-order valence-electron chi connectivity index (χ1n) is 6.62. The summed E-state index contributed by atoms with van der Waals surface area (Å²) in [6.07, 6.45) is 4.30. The van der Waals surface area contributed by atoms with Gasteiger partial charge in [0.15, 0.2) is 0 Å². The van der Waals surface area contributed by atoms with Crippen molar-refractivity contribution < 1.29 is 0 Å². The third-order valence-electron chi connectivity index (χ3n) is 4.34. The maximum atomic E-state index is 6.56. The Balaban J connectivity index is 2.10. The fourth-order valence-electron chi connectivity index (χ4n) is 2.96. The van der Waals surface area contributed by atoms with Gasteiger partial charge >= 0.3 is 0 Å². The second-order valence-electron chi connectivity index (χ2n) is 5.98. The van der Waals surface area contributed by atoms with E-state index in [1.54, 1.807) is 0 Å². The van der Waals surface area contributed by atoms with Gasteiger partial charge < -0.3 is 5.73 Å². The molecule has 0 aromatic heterocycles. The van der Waals surface area contributed by atoms with Crippen LogP contribution in [0.3, 0.4) is 0 Å². The van der Waals surface area contributed by atoms with Crippen LogP contribution >= 0.6 is 23.2 Å². The number of benzene rings is 1. The number of rotatable bonds is 2. The summed E-state index contributed by atoms with van der Waals surface area (Å²) in [5.74, 6) is 1.49. The highest BCUT2D eigenvalue weighted by molar-refractivity contribution is 6.42. The van der Waals surface area contributed by atoms with Crippen molar-refractivity contribution in [2.45, 2.75) is 45.1 Å². The predicted octanol–water partition coefficient (Wildman–Crippen LogP) is 4.69. The van der Waals surface area contributed by atoms with Crippen molar-refractivity contribution >= 4 is 23.2 Å². The molecule has 1 nitrogen and oxygen atoms in total. The first kappa shape index (κ1) is 14.2. The SMILES string of the molecule is CC1CCC(N)(Cc2ccc(Cl)c(Cl)c2)CC1C. The first-order chi connectivity index (χ1) is 8.39. The van der Waals surface area contributed by atoms with Crippen LogP contribution < -0.4 is 5.73 Å². The minimum atomic E-state index is -0.0803. The fourth-order valence-corrected chi connectivity index (χ4v) is 3.28. The number of halogens is 2. The molecule has 1 aromatic carbocycles. The molecule has 0 aliphatic heterocycles. The summed E-state index contributed by atoms with van der Waals surface area (Å²) in [6, 6.07) is 5.84. The molecule has 1 saturated carbocycles. The van der Waals surface area contributed by atoms with Gasteiger partial charge in [0, 0.05) is 5.54 Å². The molecule has 3 atom stereocenters. The minimum Gasteiger partial charge on any atom is -0.325 e. The Morgan fingerprint density at radius 1 is 1.22 bits per heavy atom. The molecule has 0 spiro atoms. The Labute approximate surface area is 120 Å². The molecule has 100 valence electrons. The summed E-state index contributed by atoms with van der Waals surface area (Å²) in [4.78, 5) is 0. The molecule has 1 aliphatic rings. The molecule has 2 rings (SSSR count). The highest BCUT2D eigenvalue weighted by atomic mass is 35.5. The zero-order valence-corrected chi connectivity index (χ0v) is 12.6. The van der Waals surface area contributed by atoms with Crippen LogP contribution in [0.5, 0.6) is 0 Å². The van der Waals surface area contributed by atoms with Crippen LogP contribution in [0.4, 0.5) is 0 Å².